The van der Waals surface area contributed by atoms with Crippen molar-refractivity contribution in [2.24, 2.45) is 0 Å². The number of hydrogen-bond acceptors (Lipinski definition) is 5. The maximum atomic E-state index is 13.9. The summed E-state index contributed by atoms with van der Waals surface area (Å²) in [5.41, 5.74) is 0. The van der Waals surface area contributed by atoms with Gasteiger partial charge in [-0.1, -0.05) is 30.0 Å². The van der Waals surface area contributed by atoms with Crippen molar-refractivity contribution in [3.05, 3.63) is 53.2 Å². The number of hydrogen-bond donors (Lipinski definition) is 0. The Balaban J connectivity index is 2.17. The maximum absolute atomic E-state index is 13.9. The largest absolute Gasteiger partial charge is 0.224 e. The third kappa shape index (κ3) is 3.11. The number of nitrogens with zero attached hydrogens (tertiary/aromatic N) is 1. The van der Waals surface area contributed by atoms with Crippen molar-refractivity contribution in [3.8, 4) is 6.07 Å². The normalized spacial score (nSPS) is 11.5. The van der Waals surface area contributed by atoms with E-state index in [2.05, 4.69) is 6.07 Å². The predicted molar refractivity (Wildman–Crippen MR) is 90.2 cm³/mol. The van der Waals surface area contributed by atoms with E-state index in [0.717, 1.165) is 11.6 Å². The second-order valence-electron chi connectivity index (χ2n) is 4.83. The molecule has 0 aliphatic carbocycles. The monoisotopic (exact) mass is 363 g/mol. The highest BCUT2D eigenvalue weighted by molar-refractivity contribution is 7.99. The second kappa shape index (κ2) is 5.96. The Morgan fingerprint density at radius 1 is 1.22 bits per heavy atom. The lowest BCUT2D eigenvalue weighted by Gasteiger charge is -2.03. The molecule has 0 N–H and O–H groups in total. The Kier molecular flexibility index (Phi) is 4.15. The first kappa shape index (κ1) is 16.0. The zero-order valence-electron chi connectivity index (χ0n) is 11.9. The van der Waals surface area contributed by atoms with Gasteiger partial charge in [0, 0.05) is 26.1 Å². The van der Waals surface area contributed by atoms with E-state index in [0.29, 0.717) is 19.4 Å². The number of benzene rings is 2. The van der Waals surface area contributed by atoms with Crippen molar-refractivity contribution >= 4 is 43.0 Å². The fourth-order valence-corrected chi connectivity index (χ4v) is 5.03. The molecule has 0 saturated heterocycles. The van der Waals surface area contributed by atoms with Gasteiger partial charge in [-0.25, -0.2) is 12.8 Å². The highest BCUT2D eigenvalue weighted by atomic mass is 32.2. The molecule has 116 valence electrons. The van der Waals surface area contributed by atoms with Crippen molar-refractivity contribution in [2.75, 3.05) is 6.26 Å². The Labute approximate surface area is 141 Å². The average molecular weight is 363 g/mol. The summed E-state index contributed by atoms with van der Waals surface area (Å²) >= 11 is 2.39. The summed E-state index contributed by atoms with van der Waals surface area (Å²) < 4.78 is 37.9. The number of thiophene rings is 1. The van der Waals surface area contributed by atoms with Gasteiger partial charge in [0.15, 0.2) is 9.84 Å². The molecule has 3 nitrogen and oxygen atoms in total. The summed E-state index contributed by atoms with van der Waals surface area (Å²) in [4.78, 5) is 1.73. The van der Waals surface area contributed by atoms with Crippen LogP contribution in [0.2, 0.25) is 0 Å². The molecule has 0 radical (unpaired) electrons. The van der Waals surface area contributed by atoms with Gasteiger partial charge in [-0.2, -0.15) is 5.26 Å². The third-order valence-electron chi connectivity index (χ3n) is 3.19. The van der Waals surface area contributed by atoms with Gasteiger partial charge in [0.1, 0.15) is 16.8 Å². The molecule has 23 heavy (non-hydrogen) atoms. The van der Waals surface area contributed by atoms with E-state index in [1.54, 1.807) is 30.3 Å². The van der Waals surface area contributed by atoms with E-state index in [9.17, 15) is 18.1 Å². The summed E-state index contributed by atoms with van der Waals surface area (Å²) in [5.74, 6) is -0.353. The van der Waals surface area contributed by atoms with Crippen LogP contribution in [-0.4, -0.2) is 14.7 Å². The minimum atomic E-state index is -3.31. The Morgan fingerprint density at radius 3 is 2.61 bits per heavy atom. The number of nitriles is 1. The highest BCUT2D eigenvalue weighted by Crippen LogP contribution is 2.42. The number of fused-ring (bicyclic) bond motifs is 1. The third-order valence-corrected chi connectivity index (χ3v) is 6.67. The number of rotatable bonds is 3. The van der Waals surface area contributed by atoms with Gasteiger partial charge in [-0.15, -0.1) is 11.3 Å². The molecule has 0 bridgehead atoms. The zero-order valence-corrected chi connectivity index (χ0v) is 14.4. The average Bonchev–Trinajstić information content (AvgIpc) is 2.86. The minimum absolute atomic E-state index is 0.207. The summed E-state index contributed by atoms with van der Waals surface area (Å²) in [6.07, 6.45) is 1.14. The molecule has 0 aliphatic heterocycles. The quantitative estimate of drug-likeness (QED) is 0.689. The van der Waals surface area contributed by atoms with Gasteiger partial charge in [0.2, 0.25) is 0 Å². The zero-order chi connectivity index (χ0) is 16.6. The van der Waals surface area contributed by atoms with E-state index in [1.165, 1.54) is 35.2 Å². The SMILES string of the molecule is CS(=O)(=O)c1ccc2c(Sc3ccccc3F)c(C#N)sc2c1. The topological polar surface area (TPSA) is 57.9 Å². The van der Waals surface area contributed by atoms with Crippen LogP contribution < -0.4 is 0 Å². The lowest BCUT2D eigenvalue weighted by Crippen LogP contribution is -1.95. The summed E-state index contributed by atoms with van der Waals surface area (Å²) in [6.45, 7) is 0. The van der Waals surface area contributed by atoms with Crippen molar-refractivity contribution in [1.29, 1.82) is 5.26 Å². The van der Waals surface area contributed by atoms with Crippen LogP contribution >= 0.6 is 23.1 Å². The van der Waals surface area contributed by atoms with E-state index >= 15 is 0 Å². The molecule has 0 aliphatic rings. The fraction of sp³-hybridized carbons (Fsp3) is 0.0625. The molecule has 0 atom stereocenters. The van der Waals surface area contributed by atoms with Gasteiger partial charge < -0.3 is 0 Å². The van der Waals surface area contributed by atoms with Gasteiger partial charge in [-0.05, 0) is 24.3 Å². The van der Waals surface area contributed by atoms with E-state index < -0.39 is 9.84 Å². The Bertz CT molecular complexity index is 1050. The molecule has 2 aromatic carbocycles. The van der Waals surface area contributed by atoms with Crippen LogP contribution in [0.3, 0.4) is 0 Å². The summed E-state index contributed by atoms with van der Waals surface area (Å²) in [7, 11) is -3.31. The minimum Gasteiger partial charge on any atom is -0.224 e. The Morgan fingerprint density at radius 2 is 1.96 bits per heavy atom. The maximum Gasteiger partial charge on any atom is 0.175 e. The molecule has 0 spiro atoms. The summed E-state index contributed by atoms with van der Waals surface area (Å²) in [5, 5.41) is 10.1. The molecule has 0 saturated carbocycles. The molecule has 0 unspecified atom stereocenters. The first-order valence-corrected chi connectivity index (χ1v) is 10.0. The molecular weight excluding hydrogens is 353 g/mol. The second-order valence-corrected chi connectivity index (χ2v) is 8.95. The fourth-order valence-electron chi connectivity index (χ4n) is 2.10. The molecule has 0 fully saturated rings. The van der Waals surface area contributed by atoms with E-state index in [1.807, 2.05) is 0 Å². The van der Waals surface area contributed by atoms with Gasteiger partial charge in [0.25, 0.3) is 0 Å². The van der Waals surface area contributed by atoms with Crippen LogP contribution in [0, 0.1) is 17.1 Å². The van der Waals surface area contributed by atoms with Crippen LogP contribution in [0.5, 0.6) is 0 Å². The lowest BCUT2D eigenvalue weighted by molar-refractivity contribution is 0.601. The molecular formula is C16H10FNO2S3. The predicted octanol–water partition coefficient (Wildman–Crippen LogP) is 4.47. The number of halogens is 1. The molecule has 3 aromatic rings. The van der Waals surface area contributed by atoms with Crippen molar-refractivity contribution in [2.45, 2.75) is 14.7 Å². The van der Waals surface area contributed by atoms with E-state index in [4.69, 9.17) is 0 Å². The first-order chi connectivity index (χ1) is 10.9. The van der Waals surface area contributed by atoms with E-state index in [-0.39, 0.29) is 10.7 Å². The summed E-state index contributed by atoms with van der Waals surface area (Å²) in [6, 6.07) is 13.2. The molecule has 1 heterocycles. The Hall–Kier alpha value is -1.88. The molecule has 1 aromatic heterocycles. The molecule has 3 rings (SSSR count). The lowest BCUT2D eigenvalue weighted by atomic mass is 10.2. The smallest absolute Gasteiger partial charge is 0.175 e. The van der Waals surface area contributed by atoms with Crippen molar-refractivity contribution in [3.63, 3.8) is 0 Å². The standard InChI is InChI=1S/C16H10FNO2S3/c1-23(19,20)10-6-7-11-14(8-10)21-15(9-18)16(11)22-13-5-3-2-4-12(13)17/h2-8H,1H3. The van der Waals surface area contributed by atoms with Crippen molar-refractivity contribution < 1.29 is 12.8 Å². The van der Waals surface area contributed by atoms with Crippen LogP contribution in [0.15, 0.2) is 57.2 Å². The number of sulfone groups is 1. The van der Waals surface area contributed by atoms with Gasteiger partial charge >= 0.3 is 0 Å². The van der Waals surface area contributed by atoms with Gasteiger partial charge in [0.05, 0.1) is 4.90 Å². The van der Waals surface area contributed by atoms with Crippen LogP contribution in [0.25, 0.3) is 10.1 Å². The molecule has 0 amide bonds. The molecule has 7 heteroatoms. The van der Waals surface area contributed by atoms with Crippen LogP contribution in [-0.2, 0) is 9.84 Å². The van der Waals surface area contributed by atoms with Crippen LogP contribution in [0.1, 0.15) is 4.88 Å². The first-order valence-electron chi connectivity index (χ1n) is 6.49. The van der Waals surface area contributed by atoms with Crippen molar-refractivity contribution in [1.82, 2.24) is 0 Å². The van der Waals surface area contributed by atoms with Gasteiger partial charge in [-0.3, -0.25) is 0 Å². The van der Waals surface area contributed by atoms with Crippen LogP contribution in [0.4, 0.5) is 4.39 Å². The highest BCUT2D eigenvalue weighted by Gasteiger charge is 2.17.